The van der Waals surface area contributed by atoms with E-state index in [4.69, 9.17) is 5.11 Å². The first kappa shape index (κ1) is 17.0. The van der Waals surface area contributed by atoms with Gasteiger partial charge in [-0.3, -0.25) is 9.59 Å². The van der Waals surface area contributed by atoms with Gasteiger partial charge in [0.15, 0.2) is 0 Å². The van der Waals surface area contributed by atoms with Crippen LogP contribution in [0.25, 0.3) is 0 Å². The van der Waals surface area contributed by atoms with E-state index in [9.17, 15) is 14.4 Å². The Balaban J connectivity index is 2.41. The number of carboxylic acids is 1. The summed E-state index contributed by atoms with van der Waals surface area (Å²) in [6.45, 7) is 3.14. The lowest BCUT2D eigenvalue weighted by Gasteiger charge is -2.13. The highest BCUT2D eigenvalue weighted by atomic mass is 32.2. The van der Waals surface area contributed by atoms with E-state index in [1.165, 1.54) is 6.92 Å². The molecule has 1 aromatic carbocycles. The summed E-state index contributed by atoms with van der Waals surface area (Å²) in [6, 6.07) is 6.41. The van der Waals surface area contributed by atoms with Crippen LogP contribution in [0.4, 0.5) is 5.69 Å². The van der Waals surface area contributed by atoms with E-state index in [1.807, 2.05) is 25.1 Å². The van der Waals surface area contributed by atoms with Crippen molar-refractivity contribution < 1.29 is 19.5 Å². The number of hydrogen-bond donors (Lipinski definition) is 3. The van der Waals surface area contributed by atoms with Crippen LogP contribution in [0.1, 0.15) is 12.5 Å². The summed E-state index contributed by atoms with van der Waals surface area (Å²) < 4.78 is 0. The number of aryl methyl sites for hydroxylation is 1. The molecule has 0 aliphatic rings. The fraction of sp³-hybridized carbons (Fsp3) is 0.357. The zero-order valence-corrected chi connectivity index (χ0v) is 12.7. The first-order chi connectivity index (χ1) is 9.90. The van der Waals surface area contributed by atoms with Crippen LogP contribution in [0.5, 0.6) is 0 Å². The summed E-state index contributed by atoms with van der Waals surface area (Å²) >= 11 is 1.16. The first-order valence-electron chi connectivity index (χ1n) is 6.33. The summed E-state index contributed by atoms with van der Waals surface area (Å²) in [7, 11) is 0. The van der Waals surface area contributed by atoms with Crippen molar-refractivity contribution in [3.63, 3.8) is 0 Å². The smallest absolute Gasteiger partial charge is 0.327 e. The average molecular weight is 310 g/mol. The molecule has 0 heterocycles. The number of carbonyl (C=O) groups is 3. The van der Waals surface area contributed by atoms with E-state index in [0.717, 1.165) is 23.0 Å². The van der Waals surface area contributed by atoms with Crippen molar-refractivity contribution in [1.29, 1.82) is 0 Å². The molecule has 0 fully saturated rings. The molecule has 0 spiro atoms. The van der Waals surface area contributed by atoms with Gasteiger partial charge in [0.25, 0.3) is 0 Å². The second-order valence-electron chi connectivity index (χ2n) is 4.47. The molecule has 1 rings (SSSR count). The monoisotopic (exact) mass is 310 g/mol. The molecular formula is C14H18N2O4S. The molecule has 1 aromatic rings. The Bertz CT molecular complexity index is 533. The number of nitrogens with one attached hydrogen (secondary N) is 2. The van der Waals surface area contributed by atoms with Gasteiger partial charge in [-0.05, 0) is 18.6 Å². The van der Waals surface area contributed by atoms with Crippen LogP contribution in [0.3, 0.4) is 0 Å². The van der Waals surface area contributed by atoms with Crippen LogP contribution >= 0.6 is 11.8 Å². The minimum absolute atomic E-state index is 0.123. The third-order valence-electron chi connectivity index (χ3n) is 2.61. The highest BCUT2D eigenvalue weighted by molar-refractivity contribution is 8.00. The maximum atomic E-state index is 11.8. The molecule has 0 saturated carbocycles. The van der Waals surface area contributed by atoms with Crippen molar-refractivity contribution in [2.45, 2.75) is 19.9 Å². The Hall–Kier alpha value is -2.02. The number of amides is 2. The van der Waals surface area contributed by atoms with Crippen molar-refractivity contribution in [1.82, 2.24) is 5.32 Å². The van der Waals surface area contributed by atoms with E-state index in [1.54, 1.807) is 6.07 Å². The number of anilines is 1. The number of hydrogen-bond acceptors (Lipinski definition) is 4. The van der Waals surface area contributed by atoms with Crippen molar-refractivity contribution in [3.05, 3.63) is 29.8 Å². The van der Waals surface area contributed by atoms with Gasteiger partial charge < -0.3 is 15.7 Å². The molecular weight excluding hydrogens is 292 g/mol. The molecule has 1 unspecified atom stereocenters. The Labute approximate surface area is 127 Å². The quantitative estimate of drug-likeness (QED) is 0.704. The zero-order chi connectivity index (χ0) is 15.8. The van der Waals surface area contributed by atoms with Crippen LogP contribution in [0.2, 0.25) is 0 Å². The lowest BCUT2D eigenvalue weighted by Crippen LogP contribution is -2.41. The molecule has 0 saturated heterocycles. The SMILES string of the molecule is CC(=O)NC(CSCC(=O)Nc1ccccc1C)C(=O)O. The molecule has 7 heteroatoms. The second kappa shape index (κ2) is 8.31. The lowest BCUT2D eigenvalue weighted by molar-refractivity contribution is -0.140. The standard InChI is InChI=1S/C14H18N2O4S/c1-9-5-3-4-6-11(9)16-13(18)8-21-7-12(14(19)20)15-10(2)17/h3-6,12H,7-8H2,1-2H3,(H,15,17)(H,16,18)(H,19,20). The minimum atomic E-state index is -1.11. The van der Waals surface area contributed by atoms with Crippen molar-refractivity contribution in [3.8, 4) is 0 Å². The molecule has 114 valence electrons. The molecule has 0 bridgehead atoms. The van der Waals surface area contributed by atoms with Gasteiger partial charge >= 0.3 is 5.97 Å². The van der Waals surface area contributed by atoms with Gasteiger partial charge in [-0.25, -0.2) is 4.79 Å². The highest BCUT2D eigenvalue weighted by Gasteiger charge is 2.18. The predicted octanol–water partition coefficient (Wildman–Crippen LogP) is 1.26. The maximum Gasteiger partial charge on any atom is 0.327 e. The summed E-state index contributed by atoms with van der Waals surface area (Å²) in [5.74, 6) is -1.47. The Morgan fingerprint density at radius 1 is 1.29 bits per heavy atom. The van der Waals surface area contributed by atoms with Crippen LogP contribution in [0, 0.1) is 6.92 Å². The number of carboxylic acid groups (broad SMARTS) is 1. The normalized spacial score (nSPS) is 11.5. The Kier molecular flexibility index (Phi) is 6.74. The van der Waals surface area contributed by atoms with Crippen LogP contribution in [-0.2, 0) is 14.4 Å². The summed E-state index contributed by atoms with van der Waals surface area (Å²) in [5.41, 5.74) is 1.69. The van der Waals surface area contributed by atoms with E-state index in [2.05, 4.69) is 10.6 Å². The molecule has 0 aliphatic heterocycles. The second-order valence-corrected chi connectivity index (χ2v) is 5.50. The number of carbonyl (C=O) groups excluding carboxylic acids is 2. The van der Waals surface area contributed by atoms with Crippen LogP contribution < -0.4 is 10.6 Å². The van der Waals surface area contributed by atoms with Crippen molar-refractivity contribution in [2.75, 3.05) is 16.8 Å². The van der Waals surface area contributed by atoms with Gasteiger partial charge in [-0.1, -0.05) is 18.2 Å². The fourth-order valence-corrected chi connectivity index (χ4v) is 2.43. The number of para-hydroxylation sites is 1. The lowest BCUT2D eigenvalue weighted by atomic mass is 10.2. The summed E-state index contributed by atoms with van der Waals surface area (Å²) in [4.78, 5) is 33.6. The van der Waals surface area contributed by atoms with E-state index < -0.39 is 17.9 Å². The van der Waals surface area contributed by atoms with Gasteiger partial charge in [0.2, 0.25) is 11.8 Å². The van der Waals surface area contributed by atoms with E-state index in [0.29, 0.717) is 0 Å². The zero-order valence-electron chi connectivity index (χ0n) is 11.9. The van der Waals surface area contributed by atoms with Crippen molar-refractivity contribution >= 4 is 35.2 Å². The number of thioether (sulfide) groups is 1. The molecule has 3 N–H and O–H groups in total. The molecule has 2 amide bonds. The summed E-state index contributed by atoms with van der Waals surface area (Å²) in [5, 5.41) is 14.0. The van der Waals surface area contributed by atoms with E-state index >= 15 is 0 Å². The first-order valence-corrected chi connectivity index (χ1v) is 7.48. The molecule has 6 nitrogen and oxygen atoms in total. The predicted molar refractivity (Wildman–Crippen MR) is 82.4 cm³/mol. The Morgan fingerprint density at radius 3 is 2.52 bits per heavy atom. The highest BCUT2D eigenvalue weighted by Crippen LogP contribution is 2.14. The topological polar surface area (TPSA) is 95.5 Å². The fourth-order valence-electron chi connectivity index (χ4n) is 1.59. The van der Waals surface area contributed by atoms with Crippen LogP contribution in [-0.4, -0.2) is 40.4 Å². The van der Waals surface area contributed by atoms with Gasteiger partial charge in [-0.2, -0.15) is 0 Å². The molecule has 0 radical (unpaired) electrons. The van der Waals surface area contributed by atoms with E-state index in [-0.39, 0.29) is 17.4 Å². The summed E-state index contributed by atoms with van der Waals surface area (Å²) in [6.07, 6.45) is 0. The van der Waals surface area contributed by atoms with Crippen molar-refractivity contribution in [2.24, 2.45) is 0 Å². The third kappa shape index (κ3) is 6.31. The molecule has 0 aromatic heterocycles. The largest absolute Gasteiger partial charge is 0.480 e. The van der Waals surface area contributed by atoms with Gasteiger partial charge in [-0.15, -0.1) is 11.8 Å². The van der Waals surface area contributed by atoms with Gasteiger partial charge in [0.1, 0.15) is 6.04 Å². The molecule has 21 heavy (non-hydrogen) atoms. The third-order valence-corrected chi connectivity index (χ3v) is 3.65. The van der Waals surface area contributed by atoms with Gasteiger partial charge in [0, 0.05) is 18.4 Å². The molecule has 1 atom stereocenters. The maximum absolute atomic E-state index is 11.8. The number of rotatable bonds is 7. The molecule has 0 aliphatic carbocycles. The minimum Gasteiger partial charge on any atom is -0.480 e. The number of aliphatic carboxylic acids is 1. The number of benzene rings is 1. The average Bonchev–Trinajstić information content (AvgIpc) is 2.39. The van der Waals surface area contributed by atoms with Gasteiger partial charge in [0.05, 0.1) is 5.75 Å². The van der Waals surface area contributed by atoms with Crippen LogP contribution in [0.15, 0.2) is 24.3 Å². The Morgan fingerprint density at radius 2 is 1.95 bits per heavy atom.